The van der Waals surface area contributed by atoms with E-state index in [2.05, 4.69) is 19.0 Å². The van der Waals surface area contributed by atoms with Crippen LogP contribution < -0.4 is 9.62 Å². The largest absolute Gasteiger partial charge is 0.347 e. The third-order valence-corrected chi connectivity index (χ3v) is 6.27. The zero-order valence-electron chi connectivity index (χ0n) is 13.0. The van der Waals surface area contributed by atoms with Crippen molar-refractivity contribution >= 4 is 26.7 Å². The number of hydrogen-bond donors (Lipinski definition) is 1. The lowest BCUT2D eigenvalue weighted by molar-refractivity contribution is 0.459. The van der Waals surface area contributed by atoms with Gasteiger partial charge in [0.1, 0.15) is 5.82 Å². The Labute approximate surface area is 140 Å². The van der Waals surface area contributed by atoms with Gasteiger partial charge in [0, 0.05) is 37.1 Å². The Kier molecular flexibility index (Phi) is 4.93. The van der Waals surface area contributed by atoms with Crippen LogP contribution in [0.5, 0.6) is 0 Å². The fraction of sp³-hybridized carbons (Fsp3) is 0.467. The van der Waals surface area contributed by atoms with E-state index in [1.807, 2.05) is 13.0 Å². The molecule has 23 heavy (non-hydrogen) atoms. The maximum absolute atomic E-state index is 12.3. The maximum Gasteiger partial charge on any atom is 0.240 e. The van der Waals surface area contributed by atoms with E-state index < -0.39 is 10.0 Å². The molecule has 3 rings (SSSR count). The molecule has 124 valence electrons. The van der Waals surface area contributed by atoms with Crippen molar-refractivity contribution in [3.8, 4) is 0 Å². The van der Waals surface area contributed by atoms with Gasteiger partial charge in [-0.25, -0.2) is 18.1 Å². The smallest absolute Gasteiger partial charge is 0.240 e. The Morgan fingerprint density at radius 3 is 2.57 bits per heavy atom. The number of aryl methyl sites for hydroxylation is 1. The van der Waals surface area contributed by atoms with E-state index >= 15 is 0 Å². The molecule has 1 aliphatic rings. The summed E-state index contributed by atoms with van der Waals surface area (Å²) in [6.45, 7) is 3.62. The molecule has 0 amide bonds. The zero-order valence-corrected chi connectivity index (χ0v) is 14.6. The summed E-state index contributed by atoms with van der Waals surface area (Å²) in [5.74, 6) is 0.872. The number of nitrogens with zero attached hydrogens (tertiary/aromatic N) is 3. The minimum atomic E-state index is -3.44. The first-order valence-electron chi connectivity index (χ1n) is 7.73. The normalized spacial score (nSPS) is 16.7. The van der Waals surface area contributed by atoms with Crippen LogP contribution in [0.3, 0.4) is 0 Å². The number of nitrogens with one attached hydrogen (secondary N) is 1. The summed E-state index contributed by atoms with van der Waals surface area (Å²) in [4.78, 5) is 7.00. The van der Waals surface area contributed by atoms with E-state index in [9.17, 15) is 8.42 Å². The van der Waals surface area contributed by atoms with Crippen molar-refractivity contribution in [2.75, 3.05) is 18.0 Å². The van der Waals surface area contributed by atoms with Crippen LogP contribution in [-0.2, 0) is 16.4 Å². The van der Waals surface area contributed by atoms with Crippen LogP contribution in [0.4, 0.5) is 5.13 Å². The predicted molar refractivity (Wildman–Crippen MR) is 91.3 cm³/mol. The van der Waals surface area contributed by atoms with Crippen molar-refractivity contribution in [2.45, 2.75) is 37.1 Å². The third-order valence-electron chi connectivity index (χ3n) is 3.91. The second kappa shape index (κ2) is 6.94. The van der Waals surface area contributed by atoms with Crippen LogP contribution in [0.2, 0.25) is 0 Å². The lowest BCUT2D eigenvalue weighted by atomic mass is 10.1. The van der Waals surface area contributed by atoms with E-state index in [0.29, 0.717) is 4.90 Å². The van der Waals surface area contributed by atoms with Gasteiger partial charge in [-0.2, -0.15) is 4.37 Å². The van der Waals surface area contributed by atoms with Crippen molar-refractivity contribution < 1.29 is 8.42 Å². The molecule has 0 spiro atoms. The lowest BCUT2D eigenvalue weighted by Gasteiger charge is -2.31. The second-order valence-corrected chi connectivity index (χ2v) is 7.99. The first kappa shape index (κ1) is 16.4. The molecule has 1 saturated heterocycles. The molecule has 2 aromatic rings. The first-order valence-corrected chi connectivity index (χ1v) is 9.99. The molecule has 0 saturated carbocycles. The Morgan fingerprint density at radius 2 is 1.96 bits per heavy atom. The van der Waals surface area contributed by atoms with Gasteiger partial charge in [0.25, 0.3) is 0 Å². The van der Waals surface area contributed by atoms with Gasteiger partial charge in [-0.1, -0.05) is 25.1 Å². The van der Waals surface area contributed by atoms with Gasteiger partial charge in [0.2, 0.25) is 15.2 Å². The maximum atomic E-state index is 12.3. The fourth-order valence-electron chi connectivity index (χ4n) is 2.59. The van der Waals surface area contributed by atoms with Gasteiger partial charge < -0.3 is 4.90 Å². The summed E-state index contributed by atoms with van der Waals surface area (Å²) in [7, 11) is -3.44. The Hall–Kier alpha value is -1.51. The summed E-state index contributed by atoms with van der Waals surface area (Å²) >= 11 is 1.42. The SMILES string of the molecule is CCc1nsc(N2CCC(NS(=O)(=O)c3ccccc3)CC2)n1. The monoisotopic (exact) mass is 352 g/mol. The molecule has 0 radical (unpaired) electrons. The molecule has 1 aliphatic heterocycles. The molecule has 0 unspecified atom stereocenters. The quantitative estimate of drug-likeness (QED) is 0.891. The standard InChI is InChI=1S/C15H20N4O2S2/c1-2-14-16-15(22-17-14)19-10-8-12(9-11-19)18-23(20,21)13-6-4-3-5-7-13/h3-7,12,18H,2,8-11H2,1H3. The molecule has 0 aliphatic carbocycles. The van der Waals surface area contributed by atoms with Crippen LogP contribution in [0, 0.1) is 0 Å². The number of anilines is 1. The molecule has 1 N–H and O–H groups in total. The van der Waals surface area contributed by atoms with E-state index in [1.54, 1.807) is 24.3 Å². The Bertz CT molecular complexity index is 738. The van der Waals surface area contributed by atoms with E-state index in [0.717, 1.165) is 43.3 Å². The molecule has 0 bridgehead atoms. The average Bonchev–Trinajstić information content (AvgIpc) is 3.05. The molecular weight excluding hydrogens is 332 g/mol. The molecule has 6 nitrogen and oxygen atoms in total. The van der Waals surface area contributed by atoms with Crippen molar-refractivity contribution in [3.05, 3.63) is 36.2 Å². The van der Waals surface area contributed by atoms with Crippen molar-refractivity contribution in [1.82, 2.24) is 14.1 Å². The van der Waals surface area contributed by atoms with Crippen LogP contribution in [-0.4, -0.2) is 36.9 Å². The third kappa shape index (κ3) is 3.88. The minimum absolute atomic E-state index is 0.0324. The number of aromatic nitrogens is 2. The number of hydrogen-bond acceptors (Lipinski definition) is 6. The van der Waals surface area contributed by atoms with Crippen molar-refractivity contribution in [2.24, 2.45) is 0 Å². The van der Waals surface area contributed by atoms with E-state index in [1.165, 1.54) is 11.5 Å². The number of rotatable bonds is 5. The second-order valence-electron chi connectivity index (χ2n) is 5.54. The summed E-state index contributed by atoms with van der Waals surface area (Å²) in [6, 6.07) is 8.48. The Morgan fingerprint density at radius 1 is 1.26 bits per heavy atom. The number of sulfonamides is 1. The number of benzene rings is 1. The lowest BCUT2D eigenvalue weighted by Crippen LogP contribution is -2.44. The summed E-state index contributed by atoms with van der Waals surface area (Å²) in [5, 5.41) is 0.936. The van der Waals surface area contributed by atoms with E-state index in [4.69, 9.17) is 0 Å². The van der Waals surface area contributed by atoms with Crippen molar-refractivity contribution in [1.29, 1.82) is 0 Å². The van der Waals surface area contributed by atoms with Crippen LogP contribution in [0.15, 0.2) is 35.2 Å². The average molecular weight is 352 g/mol. The molecule has 2 heterocycles. The molecular formula is C15H20N4O2S2. The highest BCUT2D eigenvalue weighted by atomic mass is 32.2. The molecule has 1 aromatic carbocycles. The highest BCUT2D eigenvalue weighted by Crippen LogP contribution is 2.23. The molecule has 1 fully saturated rings. The zero-order chi connectivity index (χ0) is 16.3. The highest BCUT2D eigenvalue weighted by molar-refractivity contribution is 7.89. The van der Waals surface area contributed by atoms with Crippen LogP contribution in [0.25, 0.3) is 0 Å². The van der Waals surface area contributed by atoms with Gasteiger partial charge >= 0.3 is 0 Å². The van der Waals surface area contributed by atoms with Crippen LogP contribution in [0.1, 0.15) is 25.6 Å². The minimum Gasteiger partial charge on any atom is -0.347 e. The number of piperidine rings is 1. The van der Waals surface area contributed by atoms with Crippen LogP contribution >= 0.6 is 11.5 Å². The summed E-state index contributed by atoms with van der Waals surface area (Å²) in [5.41, 5.74) is 0. The molecule has 8 heteroatoms. The van der Waals surface area contributed by atoms with Gasteiger partial charge in [-0.05, 0) is 25.0 Å². The van der Waals surface area contributed by atoms with E-state index in [-0.39, 0.29) is 6.04 Å². The highest BCUT2D eigenvalue weighted by Gasteiger charge is 2.25. The van der Waals surface area contributed by atoms with Gasteiger partial charge in [0.15, 0.2) is 0 Å². The predicted octanol–water partition coefficient (Wildman–Crippen LogP) is 2.05. The Balaban J connectivity index is 1.59. The van der Waals surface area contributed by atoms with Gasteiger partial charge in [0.05, 0.1) is 4.90 Å². The van der Waals surface area contributed by atoms with Gasteiger partial charge in [-0.15, -0.1) is 0 Å². The fourth-order valence-corrected chi connectivity index (χ4v) is 4.72. The summed E-state index contributed by atoms with van der Waals surface area (Å²) < 4.78 is 31.8. The summed E-state index contributed by atoms with van der Waals surface area (Å²) in [6.07, 6.45) is 2.38. The topological polar surface area (TPSA) is 75.2 Å². The van der Waals surface area contributed by atoms with Crippen molar-refractivity contribution in [3.63, 3.8) is 0 Å². The van der Waals surface area contributed by atoms with Gasteiger partial charge in [-0.3, -0.25) is 0 Å². The molecule has 0 atom stereocenters. The first-order chi connectivity index (χ1) is 11.1. The molecule has 1 aromatic heterocycles.